The fourth-order valence-electron chi connectivity index (χ4n) is 4.75. The van der Waals surface area contributed by atoms with Gasteiger partial charge in [0, 0.05) is 44.5 Å². The van der Waals surface area contributed by atoms with Crippen molar-refractivity contribution in [1.82, 2.24) is 9.80 Å². The number of piperazine rings is 1. The zero-order valence-corrected chi connectivity index (χ0v) is 27.3. The van der Waals surface area contributed by atoms with Crippen LogP contribution in [0.1, 0.15) is 18.4 Å². The number of carbonyl (C=O) groups is 2. The summed E-state index contributed by atoms with van der Waals surface area (Å²) < 4.78 is 0. The van der Waals surface area contributed by atoms with Crippen LogP contribution in [0.2, 0.25) is 12.1 Å². The topological polar surface area (TPSA) is 114 Å². The van der Waals surface area contributed by atoms with Gasteiger partial charge < -0.3 is 33.0 Å². The monoisotopic (exact) mass is 623 g/mol. The van der Waals surface area contributed by atoms with Crippen LogP contribution in [0, 0.1) is 18.7 Å². The molecule has 0 saturated carbocycles. The molecule has 1 aromatic carbocycles. The second-order valence-corrected chi connectivity index (χ2v) is 9.23. The van der Waals surface area contributed by atoms with E-state index in [4.69, 9.17) is 28.9 Å². The van der Waals surface area contributed by atoms with E-state index in [1.165, 1.54) is 4.90 Å². The van der Waals surface area contributed by atoms with Crippen molar-refractivity contribution in [1.29, 1.82) is 5.26 Å². The molecule has 1 unspecified atom stereocenters. The second-order valence-electron chi connectivity index (χ2n) is 8.45. The van der Waals surface area contributed by atoms with Crippen molar-refractivity contribution in [3.8, 4) is 5.97 Å². The van der Waals surface area contributed by atoms with E-state index in [0.29, 0.717) is 31.9 Å². The zero-order chi connectivity index (χ0) is 23.0. The smallest absolute Gasteiger partial charge is 0.397 e. The third kappa shape index (κ3) is 5.96. The van der Waals surface area contributed by atoms with Gasteiger partial charge in [-0.15, -0.1) is 0 Å². The number of anilines is 2. The molecule has 2 amide bonds. The van der Waals surface area contributed by atoms with Gasteiger partial charge in [0.1, 0.15) is 5.03 Å². The number of nitrogen functional groups attached to an aromatic ring is 1. The molecule has 34 heavy (non-hydrogen) atoms. The molecule has 2 saturated heterocycles. The van der Waals surface area contributed by atoms with E-state index in [9.17, 15) is 20.0 Å². The summed E-state index contributed by atoms with van der Waals surface area (Å²) in [5.74, 6) is 1.69. The first-order chi connectivity index (χ1) is 15.3. The van der Waals surface area contributed by atoms with Crippen LogP contribution in [0.25, 0.3) is 0 Å². The van der Waals surface area contributed by atoms with Crippen molar-refractivity contribution in [2.75, 3.05) is 36.8 Å². The third-order valence-electron chi connectivity index (χ3n) is 6.56. The molecule has 2 fully saturated rings. The molecule has 2 atom stereocenters. The largest absolute Gasteiger partial charge is 1.00 e. The molecule has 0 aromatic heterocycles. The van der Waals surface area contributed by atoms with Gasteiger partial charge in [0.25, 0.3) is 12.6 Å². The Hall–Kier alpha value is -0.353. The summed E-state index contributed by atoms with van der Waals surface area (Å²) in [6.45, 7) is 2.44. The molecular weight excluding hydrogens is 597 g/mol. The van der Waals surface area contributed by atoms with Gasteiger partial charge in [-0.25, -0.2) is 5.26 Å². The molecule has 3 heterocycles. The maximum Gasteiger partial charge on any atom is 1.00 e. The average molecular weight is 624 g/mol. The zero-order valence-electron chi connectivity index (χ0n) is 19.5. The Kier molecular flexibility index (Phi) is 11.2. The summed E-state index contributed by atoms with van der Waals surface area (Å²) in [7, 11) is 0. The fraction of sp³-hybridized carbons (Fsp3) is 0.455. The Morgan fingerprint density at radius 1 is 1.26 bits per heavy atom. The molecule has 4 rings (SSSR count). The summed E-state index contributed by atoms with van der Waals surface area (Å²) >= 11 is 11.7. The first-order valence-electron chi connectivity index (χ1n) is 10.7. The van der Waals surface area contributed by atoms with Crippen LogP contribution in [0.5, 0.6) is 0 Å². The van der Waals surface area contributed by atoms with Crippen LogP contribution in [0.4, 0.5) is 11.4 Å². The predicted octanol–water partition coefficient (Wildman–Crippen LogP) is -0.557. The summed E-state index contributed by atoms with van der Waals surface area (Å²) in [4.78, 5) is 30.2. The number of nitrogens with two attached hydrogens (primary N) is 1. The van der Waals surface area contributed by atoms with E-state index in [2.05, 4.69) is 10.9 Å². The van der Waals surface area contributed by atoms with E-state index in [0.717, 1.165) is 30.4 Å². The maximum absolute atomic E-state index is 12.8. The molecule has 3 N–H and O–H groups in total. The van der Waals surface area contributed by atoms with Crippen molar-refractivity contribution in [3.05, 3.63) is 41.3 Å². The number of hydrogen-bond donors (Lipinski definition) is 2. The van der Waals surface area contributed by atoms with Crippen LogP contribution >= 0.6 is 23.2 Å². The Bertz CT molecular complexity index is 1010. The first kappa shape index (κ1) is 29.9. The van der Waals surface area contributed by atoms with E-state index < -0.39 is 12.1 Å². The molecule has 0 radical (unpaired) electrons. The van der Waals surface area contributed by atoms with E-state index >= 15 is 0 Å². The second kappa shape index (κ2) is 12.7. The number of amides is 2. The quantitative estimate of drug-likeness (QED) is 0.264. The Labute approximate surface area is 269 Å². The SMILES string of the molecule is N#CB1CCC[C@H]1C(=O)N1CCN(c2ccc(CN3C(=O)C(Cl)=C(Cl)C3O)cc2N)CC1.[CH3-].[Cs+]. The first-order valence-corrected chi connectivity index (χ1v) is 11.4. The van der Waals surface area contributed by atoms with Crippen LogP contribution in [0.15, 0.2) is 28.3 Å². The molecule has 0 bridgehead atoms. The molecule has 12 heteroatoms. The van der Waals surface area contributed by atoms with Crippen molar-refractivity contribution in [2.24, 2.45) is 0 Å². The Morgan fingerprint density at radius 3 is 2.50 bits per heavy atom. The van der Waals surface area contributed by atoms with Crippen LogP contribution < -0.4 is 79.5 Å². The van der Waals surface area contributed by atoms with E-state index in [-0.39, 0.29) is 111 Å². The van der Waals surface area contributed by atoms with Crippen LogP contribution in [-0.4, -0.2) is 65.8 Å². The molecule has 3 aliphatic rings. The van der Waals surface area contributed by atoms with Gasteiger partial charge in [-0.05, 0) is 24.1 Å². The van der Waals surface area contributed by atoms with Gasteiger partial charge in [-0.1, -0.05) is 42.0 Å². The number of rotatable bonds is 4. The number of aliphatic hydroxyl groups excluding tert-OH is 1. The van der Waals surface area contributed by atoms with Crippen molar-refractivity contribution >= 4 is 53.1 Å². The molecule has 0 aliphatic carbocycles. The number of benzene rings is 1. The minimum Gasteiger partial charge on any atom is -0.397 e. The van der Waals surface area contributed by atoms with Crippen molar-refractivity contribution < 1.29 is 83.6 Å². The predicted molar refractivity (Wildman–Crippen MR) is 131 cm³/mol. The van der Waals surface area contributed by atoms with Gasteiger partial charge in [0.2, 0.25) is 5.91 Å². The number of nitriles is 1. The normalized spacial score (nSPS) is 22.5. The standard InChI is InChI=1S/C21H24BCl2N5O3.CH3.Cs/c23-17-18(24)21(32)29(20(17)31)11-13-3-4-16(15(26)10-13)27-6-8-28(9-7-27)19(30)14-2-1-5-22(14)12-25;;/h3-4,10,14,20,31H,1-2,5-9,11,26H2;1H3;/q;-1;+1/t14-,20?;;/m0../s1. The van der Waals surface area contributed by atoms with Gasteiger partial charge in [0.05, 0.1) is 16.4 Å². The minimum absolute atomic E-state index is 0. The van der Waals surface area contributed by atoms with Gasteiger partial charge >= 0.3 is 68.9 Å². The fourth-order valence-corrected chi connectivity index (χ4v) is 5.15. The molecule has 176 valence electrons. The van der Waals surface area contributed by atoms with Crippen LogP contribution in [0.3, 0.4) is 0 Å². The minimum atomic E-state index is -1.26. The van der Waals surface area contributed by atoms with Crippen molar-refractivity contribution in [3.63, 3.8) is 0 Å². The summed E-state index contributed by atoms with van der Waals surface area (Å²) in [6.07, 6.45) is 1.28. The van der Waals surface area contributed by atoms with Crippen LogP contribution in [-0.2, 0) is 16.1 Å². The Balaban J connectivity index is 0.00000204. The molecule has 1 aromatic rings. The number of nitrogens with zero attached hydrogens (tertiary/aromatic N) is 4. The van der Waals surface area contributed by atoms with E-state index in [1.54, 1.807) is 6.07 Å². The van der Waals surface area contributed by atoms with E-state index in [1.807, 2.05) is 17.0 Å². The number of aliphatic hydroxyl groups is 1. The molecule has 3 aliphatic heterocycles. The summed E-state index contributed by atoms with van der Waals surface area (Å²) in [6, 6.07) is 5.50. The van der Waals surface area contributed by atoms with Gasteiger partial charge in [0.15, 0.2) is 6.23 Å². The maximum atomic E-state index is 12.8. The average Bonchev–Trinajstić information content (AvgIpc) is 3.35. The Morgan fingerprint density at radius 2 is 1.94 bits per heavy atom. The molecular formula is C22H27BCl2CsN5O3. The molecule has 0 spiro atoms. The number of halogens is 2. The number of carbonyl (C=O) groups excluding carboxylic acids is 2. The summed E-state index contributed by atoms with van der Waals surface area (Å²) in [5.41, 5.74) is 8.45. The number of hydrogen-bond acceptors (Lipinski definition) is 6. The van der Waals surface area contributed by atoms with Crippen molar-refractivity contribution in [2.45, 2.75) is 37.8 Å². The summed E-state index contributed by atoms with van der Waals surface area (Å²) in [5, 5.41) is 19.1. The van der Waals surface area contributed by atoms with Gasteiger partial charge in [-0.3, -0.25) is 9.59 Å². The van der Waals surface area contributed by atoms with Gasteiger partial charge in [-0.2, -0.15) is 0 Å². The third-order valence-corrected chi connectivity index (χ3v) is 7.40. The molecule has 8 nitrogen and oxygen atoms in total.